The summed E-state index contributed by atoms with van der Waals surface area (Å²) >= 11 is 0. The molecular weight excluding hydrogens is 171 g/mol. The normalized spacial score (nSPS) is 31.1. The minimum Gasteiger partial charge on any atom is -0.266 e. The molecule has 0 aliphatic carbocycles. The van der Waals surface area contributed by atoms with Crippen molar-refractivity contribution in [1.29, 1.82) is 0 Å². The van der Waals surface area contributed by atoms with Crippen molar-refractivity contribution in [3.05, 3.63) is 0 Å². The SMILES string of the molecule is O=P1([Si])OS(=O)(=O)O1. The van der Waals surface area contributed by atoms with Gasteiger partial charge in [-0.25, -0.2) is 0 Å². The van der Waals surface area contributed by atoms with Crippen molar-refractivity contribution in [2.75, 3.05) is 0 Å². The van der Waals surface area contributed by atoms with Gasteiger partial charge in [-0.05, 0) is 0 Å². The van der Waals surface area contributed by atoms with E-state index in [0.29, 0.717) is 0 Å². The van der Waals surface area contributed by atoms with Crippen LogP contribution in [0.25, 0.3) is 0 Å². The second-order valence-electron chi connectivity index (χ2n) is 1.05. The lowest BCUT2D eigenvalue weighted by molar-refractivity contribution is 0.300. The molecule has 1 heterocycles. The molecule has 1 saturated heterocycles. The Balaban J connectivity index is 2.84. The average molecular weight is 171 g/mol. The van der Waals surface area contributed by atoms with Crippen LogP contribution in [0.2, 0.25) is 0 Å². The summed E-state index contributed by atoms with van der Waals surface area (Å²) in [6, 6.07) is 0. The molecule has 0 unspecified atom stereocenters. The van der Waals surface area contributed by atoms with Crippen LogP contribution in [0, 0.1) is 0 Å². The predicted molar refractivity (Wildman–Crippen MR) is 24.5 cm³/mol. The number of hydrogen-bond acceptors (Lipinski definition) is 5. The lowest BCUT2D eigenvalue weighted by atomic mass is 15.7. The van der Waals surface area contributed by atoms with Crippen LogP contribution in [0.3, 0.4) is 0 Å². The van der Waals surface area contributed by atoms with Crippen LogP contribution in [0.1, 0.15) is 0 Å². The summed E-state index contributed by atoms with van der Waals surface area (Å²) in [4.78, 5) is 0. The van der Waals surface area contributed by atoms with E-state index in [4.69, 9.17) is 0 Å². The zero-order chi connectivity index (χ0) is 6.41. The van der Waals surface area contributed by atoms with Gasteiger partial charge in [0.25, 0.3) is 0 Å². The van der Waals surface area contributed by atoms with Crippen LogP contribution >= 0.6 is 7.14 Å². The van der Waals surface area contributed by atoms with E-state index in [9.17, 15) is 13.0 Å². The third-order valence-electron chi connectivity index (χ3n) is 0.379. The Morgan fingerprint density at radius 1 is 1.38 bits per heavy atom. The van der Waals surface area contributed by atoms with Gasteiger partial charge in [-0.3, -0.25) is 4.57 Å². The average Bonchev–Trinajstić information content (AvgIpc) is 1.20. The molecule has 0 saturated carbocycles. The van der Waals surface area contributed by atoms with E-state index in [1.807, 2.05) is 0 Å². The van der Waals surface area contributed by atoms with Gasteiger partial charge in [0, 0.05) is 0 Å². The highest BCUT2D eigenvalue weighted by molar-refractivity contribution is 8.04. The van der Waals surface area contributed by atoms with Crippen LogP contribution in [-0.4, -0.2) is 18.3 Å². The second-order valence-corrected chi connectivity index (χ2v) is 5.70. The summed E-state index contributed by atoms with van der Waals surface area (Å²) in [6.07, 6.45) is 0. The molecule has 8 heavy (non-hydrogen) atoms. The molecular formula is O5PSSi. The lowest BCUT2D eigenvalue weighted by Gasteiger charge is -2.20. The molecule has 8 heteroatoms. The van der Waals surface area contributed by atoms with Gasteiger partial charge in [0.1, 0.15) is 0 Å². The Kier molecular flexibility index (Phi) is 1.15. The van der Waals surface area contributed by atoms with Crippen LogP contribution in [0.15, 0.2) is 0 Å². The van der Waals surface area contributed by atoms with Crippen molar-refractivity contribution < 1.29 is 20.9 Å². The van der Waals surface area contributed by atoms with Crippen molar-refractivity contribution in [3.8, 4) is 0 Å². The molecule has 0 atom stereocenters. The third kappa shape index (κ3) is 1.18. The van der Waals surface area contributed by atoms with Gasteiger partial charge in [0.15, 0.2) is 0 Å². The Morgan fingerprint density at radius 3 is 1.75 bits per heavy atom. The van der Waals surface area contributed by atoms with Crippen molar-refractivity contribution in [2.45, 2.75) is 0 Å². The van der Waals surface area contributed by atoms with E-state index in [2.05, 4.69) is 17.8 Å². The molecule has 5 nitrogen and oxygen atoms in total. The molecule has 0 aromatic carbocycles. The molecule has 0 aromatic rings. The first-order chi connectivity index (χ1) is 3.41. The molecule has 1 rings (SSSR count). The van der Waals surface area contributed by atoms with Gasteiger partial charge in [-0.15, -0.1) is 0 Å². The summed E-state index contributed by atoms with van der Waals surface area (Å²) in [5.74, 6) is 0. The topological polar surface area (TPSA) is 69.7 Å². The molecule has 3 radical (unpaired) electrons. The fraction of sp³-hybridized carbons (Fsp3) is 0. The Hall–Kier alpha value is 0.317. The van der Waals surface area contributed by atoms with E-state index >= 15 is 0 Å². The molecule has 0 N–H and O–H groups in total. The fourth-order valence-corrected chi connectivity index (χ4v) is 3.86. The maximum atomic E-state index is 10.2. The molecule has 0 spiro atoms. The van der Waals surface area contributed by atoms with Gasteiger partial charge >= 0.3 is 17.5 Å². The summed E-state index contributed by atoms with van der Waals surface area (Å²) in [7, 11) is -4.85. The minimum absolute atomic E-state index is 2.42. The lowest BCUT2D eigenvalue weighted by Crippen LogP contribution is -2.18. The van der Waals surface area contributed by atoms with Crippen molar-refractivity contribution in [1.82, 2.24) is 0 Å². The van der Waals surface area contributed by atoms with E-state index < -0.39 is 17.5 Å². The van der Waals surface area contributed by atoms with Crippen LogP contribution < -0.4 is 0 Å². The first-order valence-electron chi connectivity index (χ1n) is 1.44. The Morgan fingerprint density at radius 2 is 1.75 bits per heavy atom. The van der Waals surface area contributed by atoms with Gasteiger partial charge in [-0.1, -0.05) is 0 Å². The van der Waals surface area contributed by atoms with Crippen LogP contribution in [0.4, 0.5) is 0 Å². The van der Waals surface area contributed by atoms with Crippen molar-refractivity contribution in [2.24, 2.45) is 0 Å². The largest absolute Gasteiger partial charge is 0.414 e. The maximum absolute atomic E-state index is 10.2. The molecule has 0 aromatic heterocycles. The third-order valence-corrected chi connectivity index (χ3v) is 4.75. The van der Waals surface area contributed by atoms with E-state index in [-0.39, 0.29) is 0 Å². The molecule has 1 aliphatic heterocycles. The summed E-state index contributed by atoms with van der Waals surface area (Å²) in [6.45, 7) is 0. The zero-order valence-corrected chi connectivity index (χ0v) is 6.11. The van der Waals surface area contributed by atoms with E-state index in [1.54, 1.807) is 0 Å². The first-order valence-corrected chi connectivity index (χ1v) is 5.66. The second kappa shape index (κ2) is 1.42. The number of rotatable bonds is 0. The Bertz CT molecular complexity index is 221. The summed E-state index contributed by atoms with van der Waals surface area (Å²) < 4.78 is 37.4. The molecule has 45 valence electrons. The maximum Gasteiger partial charge on any atom is 0.414 e. The summed E-state index contributed by atoms with van der Waals surface area (Å²) in [5.41, 5.74) is 0. The van der Waals surface area contributed by atoms with E-state index in [0.717, 1.165) is 0 Å². The minimum atomic E-state index is -3.90. The van der Waals surface area contributed by atoms with Gasteiger partial charge in [0.05, 0.1) is 0 Å². The standard InChI is InChI=1S/O5PSSi/c1-6(8)4-7(2,3)5-6. The monoisotopic (exact) mass is 171 g/mol. The smallest absolute Gasteiger partial charge is 0.266 e. The van der Waals surface area contributed by atoms with E-state index in [1.165, 1.54) is 0 Å². The molecule has 0 bridgehead atoms. The fourth-order valence-electron chi connectivity index (χ4n) is 0.246. The van der Waals surface area contributed by atoms with Gasteiger partial charge in [0.2, 0.25) is 9.91 Å². The highest BCUT2D eigenvalue weighted by Crippen LogP contribution is 2.56. The van der Waals surface area contributed by atoms with Crippen LogP contribution in [0.5, 0.6) is 0 Å². The van der Waals surface area contributed by atoms with Gasteiger partial charge in [-0.2, -0.15) is 16.4 Å². The van der Waals surface area contributed by atoms with Gasteiger partial charge < -0.3 is 0 Å². The van der Waals surface area contributed by atoms with Crippen molar-refractivity contribution in [3.63, 3.8) is 0 Å². The van der Waals surface area contributed by atoms with Crippen molar-refractivity contribution >= 4 is 27.5 Å². The number of hydrogen-bond donors (Lipinski definition) is 0. The first kappa shape index (κ1) is 6.44. The highest BCUT2D eigenvalue weighted by Gasteiger charge is 2.43. The molecule has 0 amide bonds. The predicted octanol–water partition coefficient (Wildman–Crippen LogP) is -0.445. The summed E-state index contributed by atoms with van der Waals surface area (Å²) in [5, 5.41) is 0. The Labute approximate surface area is 49.1 Å². The highest BCUT2D eigenvalue weighted by atomic mass is 32.3. The molecule has 1 aliphatic rings. The quantitative estimate of drug-likeness (QED) is 0.365. The molecule has 1 fully saturated rings. The van der Waals surface area contributed by atoms with Crippen LogP contribution in [-0.2, 0) is 22.9 Å². The zero-order valence-electron chi connectivity index (χ0n) is 3.40.